The van der Waals surface area contributed by atoms with Crippen LogP contribution in [0.2, 0.25) is 0 Å². The molecule has 0 saturated carbocycles. The van der Waals surface area contributed by atoms with Crippen molar-refractivity contribution in [3.05, 3.63) is 34.8 Å². The first-order valence-electron chi connectivity index (χ1n) is 8.36. The summed E-state index contributed by atoms with van der Waals surface area (Å²) in [6.45, 7) is 5.19. The van der Waals surface area contributed by atoms with Crippen LogP contribution >= 0.6 is 11.3 Å². The van der Waals surface area contributed by atoms with Crippen molar-refractivity contribution in [1.29, 1.82) is 0 Å². The van der Waals surface area contributed by atoms with E-state index >= 15 is 0 Å². The molecule has 0 bridgehead atoms. The second-order valence-electron chi connectivity index (χ2n) is 5.25. The number of esters is 1. The van der Waals surface area contributed by atoms with Gasteiger partial charge in [0.15, 0.2) is 11.5 Å². The van der Waals surface area contributed by atoms with Crippen molar-refractivity contribution in [3.63, 3.8) is 0 Å². The molecule has 0 unspecified atom stereocenters. The van der Waals surface area contributed by atoms with Crippen LogP contribution < -0.4 is 14.9 Å². The number of rotatable bonds is 10. The molecule has 1 heterocycles. The quantitative estimate of drug-likeness (QED) is 0.388. The first-order chi connectivity index (χ1) is 12.7. The topological polar surface area (TPSA) is 82.0 Å². The van der Waals surface area contributed by atoms with E-state index < -0.39 is 0 Å². The molecule has 0 radical (unpaired) electrons. The molecule has 8 heteroatoms. The van der Waals surface area contributed by atoms with Gasteiger partial charge in [0.05, 0.1) is 38.7 Å². The van der Waals surface area contributed by atoms with E-state index in [1.807, 2.05) is 25.1 Å². The first kappa shape index (κ1) is 19.7. The van der Waals surface area contributed by atoms with Crippen LogP contribution in [0.3, 0.4) is 0 Å². The van der Waals surface area contributed by atoms with Crippen LogP contribution in [0.1, 0.15) is 31.5 Å². The van der Waals surface area contributed by atoms with E-state index in [4.69, 9.17) is 9.47 Å². The van der Waals surface area contributed by atoms with Crippen molar-refractivity contribution in [3.8, 4) is 11.5 Å². The van der Waals surface area contributed by atoms with E-state index in [0.717, 1.165) is 17.7 Å². The van der Waals surface area contributed by atoms with Gasteiger partial charge in [-0.15, -0.1) is 11.3 Å². The Morgan fingerprint density at radius 1 is 1.31 bits per heavy atom. The summed E-state index contributed by atoms with van der Waals surface area (Å²) in [4.78, 5) is 15.5. The normalized spacial score (nSPS) is 10.7. The zero-order valence-electron chi connectivity index (χ0n) is 15.2. The molecule has 1 aromatic carbocycles. The Bertz CT molecular complexity index is 746. The number of hydrazone groups is 1. The third-order valence-electron chi connectivity index (χ3n) is 3.21. The number of thiazole rings is 1. The van der Waals surface area contributed by atoms with Crippen molar-refractivity contribution in [2.24, 2.45) is 5.10 Å². The highest BCUT2D eigenvalue weighted by Crippen LogP contribution is 2.28. The predicted octanol–water partition coefficient (Wildman–Crippen LogP) is 3.49. The molecule has 0 fully saturated rings. The molecule has 2 aromatic rings. The molecule has 1 N–H and O–H groups in total. The Labute approximate surface area is 157 Å². The number of ether oxygens (including phenoxy) is 3. The van der Waals surface area contributed by atoms with Gasteiger partial charge in [-0.3, -0.25) is 10.2 Å². The summed E-state index contributed by atoms with van der Waals surface area (Å²) in [6, 6.07) is 5.66. The Balaban J connectivity index is 1.99. The number of methoxy groups -OCH3 is 1. The van der Waals surface area contributed by atoms with E-state index in [1.54, 1.807) is 11.6 Å². The van der Waals surface area contributed by atoms with E-state index in [1.165, 1.54) is 18.4 Å². The summed E-state index contributed by atoms with van der Waals surface area (Å²) in [5.74, 6) is 1.10. The summed E-state index contributed by atoms with van der Waals surface area (Å²) in [5, 5.41) is 6.58. The minimum Gasteiger partial charge on any atom is -0.490 e. The fraction of sp³-hybridized carbons (Fsp3) is 0.389. The van der Waals surface area contributed by atoms with Crippen molar-refractivity contribution in [1.82, 2.24) is 4.98 Å². The Hall–Kier alpha value is -2.61. The van der Waals surface area contributed by atoms with Crippen LogP contribution in [-0.2, 0) is 16.0 Å². The predicted molar refractivity (Wildman–Crippen MR) is 102 cm³/mol. The number of anilines is 1. The molecule has 0 saturated heterocycles. The summed E-state index contributed by atoms with van der Waals surface area (Å²) in [6.07, 6.45) is 2.76. The number of carbonyl (C=O) groups is 1. The molecule has 0 amide bonds. The molecule has 140 valence electrons. The van der Waals surface area contributed by atoms with Crippen molar-refractivity contribution >= 4 is 28.7 Å². The standard InChI is InChI=1S/C18H23N3O4S/c1-4-8-25-15-7-6-13(9-16(15)24-5-2)11-19-21-18-20-14(12-26-18)10-17(22)23-3/h6-7,9,11-12H,4-5,8,10H2,1-3H3,(H,20,21)/b19-11-. The van der Waals surface area contributed by atoms with Crippen LogP contribution in [-0.4, -0.2) is 37.5 Å². The largest absolute Gasteiger partial charge is 0.490 e. The number of hydrogen-bond donors (Lipinski definition) is 1. The van der Waals surface area contributed by atoms with Gasteiger partial charge in [0.2, 0.25) is 5.13 Å². The van der Waals surface area contributed by atoms with Gasteiger partial charge >= 0.3 is 5.97 Å². The molecule has 0 aliphatic carbocycles. The molecular formula is C18H23N3O4S. The molecule has 0 aliphatic rings. The number of hydrogen-bond acceptors (Lipinski definition) is 8. The van der Waals surface area contributed by atoms with Crippen LogP contribution in [0.15, 0.2) is 28.7 Å². The van der Waals surface area contributed by atoms with Crippen molar-refractivity contribution in [2.75, 3.05) is 25.7 Å². The molecule has 1 aromatic heterocycles. The average molecular weight is 377 g/mol. The highest BCUT2D eigenvalue weighted by molar-refractivity contribution is 7.13. The van der Waals surface area contributed by atoms with E-state index in [-0.39, 0.29) is 12.4 Å². The summed E-state index contributed by atoms with van der Waals surface area (Å²) >= 11 is 1.37. The lowest BCUT2D eigenvalue weighted by atomic mass is 10.2. The smallest absolute Gasteiger partial charge is 0.311 e. The third-order valence-corrected chi connectivity index (χ3v) is 4.00. The van der Waals surface area contributed by atoms with E-state index in [0.29, 0.717) is 29.8 Å². The molecule has 2 rings (SSSR count). The van der Waals surface area contributed by atoms with Crippen LogP contribution in [0.5, 0.6) is 11.5 Å². The molecule has 7 nitrogen and oxygen atoms in total. The molecule has 26 heavy (non-hydrogen) atoms. The SMILES string of the molecule is CCCOc1ccc(/C=N\Nc2nc(CC(=O)OC)cs2)cc1OCC. The first-order valence-corrected chi connectivity index (χ1v) is 9.24. The molecular weight excluding hydrogens is 354 g/mol. The lowest BCUT2D eigenvalue weighted by Gasteiger charge is -2.11. The lowest BCUT2D eigenvalue weighted by Crippen LogP contribution is -2.04. The summed E-state index contributed by atoms with van der Waals surface area (Å²) in [5.41, 5.74) is 4.38. The van der Waals surface area contributed by atoms with Gasteiger partial charge in [-0.1, -0.05) is 6.92 Å². The van der Waals surface area contributed by atoms with Crippen LogP contribution in [0, 0.1) is 0 Å². The van der Waals surface area contributed by atoms with Gasteiger partial charge in [-0.25, -0.2) is 4.98 Å². The van der Waals surface area contributed by atoms with Gasteiger partial charge in [-0.2, -0.15) is 5.10 Å². The zero-order valence-corrected chi connectivity index (χ0v) is 16.0. The fourth-order valence-corrected chi connectivity index (χ4v) is 2.69. The minimum absolute atomic E-state index is 0.148. The average Bonchev–Trinajstić information content (AvgIpc) is 3.08. The maximum Gasteiger partial charge on any atom is 0.311 e. The Morgan fingerprint density at radius 2 is 2.15 bits per heavy atom. The number of benzene rings is 1. The number of nitrogens with zero attached hydrogens (tertiary/aromatic N) is 2. The Kier molecular flexibility index (Phi) is 7.88. The number of carbonyl (C=O) groups excluding carboxylic acids is 1. The molecule has 0 atom stereocenters. The van der Waals surface area contributed by atoms with Crippen LogP contribution in [0.25, 0.3) is 0 Å². The highest BCUT2D eigenvalue weighted by Gasteiger charge is 2.08. The van der Waals surface area contributed by atoms with Crippen molar-refractivity contribution < 1.29 is 19.0 Å². The monoisotopic (exact) mass is 377 g/mol. The second kappa shape index (κ2) is 10.4. The van der Waals surface area contributed by atoms with Gasteiger partial charge in [0.1, 0.15) is 0 Å². The lowest BCUT2D eigenvalue weighted by molar-refractivity contribution is -0.139. The second-order valence-corrected chi connectivity index (χ2v) is 6.11. The van der Waals surface area contributed by atoms with Gasteiger partial charge < -0.3 is 14.2 Å². The maximum atomic E-state index is 11.2. The fourth-order valence-electron chi connectivity index (χ4n) is 2.03. The van der Waals surface area contributed by atoms with Crippen LogP contribution in [0.4, 0.5) is 5.13 Å². The van der Waals surface area contributed by atoms with Gasteiger partial charge in [0.25, 0.3) is 0 Å². The molecule has 0 spiro atoms. The Morgan fingerprint density at radius 3 is 2.88 bits per heavy atom. The minimum atomic E-state index is -0.320. The third kappa shape index (κ3) is 6.03. The van der Waals surface area contributed by atoms with Gasteiger partial charge in [-0.05, 0) is 37.1 Å². The highest BCUT2D eigenvalue weighted by atomic mass is 32.1. The zero-order chi connectivity index (χ0) is 18.8. The summed E-state index contributed by atoms with van der Waals surface area (Å²) < 4.78 is 15.9. The van der Waals surface area contributed by atoms with E-state index in [9.17, 15) is 4.79 Å². The van der Waals surface area contributed by atoms with Crippen molar-refractivity contribution in [2.45, 2.75) is 26.7 Å². The maximum absolute atomic E-state index is 11.2. The number of nitrogens with one attached hydrogen (secondary N) is 1. The molecule has 0 aliphatic heterocycles. The number of aromatic nitrogens is 1. The summed E-state index contributed by atoms with van der Waals surface area (Å²) in [7, 11) is 1.35. The van der Waals surface area contributed by atoms with E-state index in [2.05, 4.69) is 27.2 Å². The van der Waals surface area contributed by atoms with Gasteiger partial charge in [0, 0.05) is 5.38 Å².